The van der Waals surface area contributed by atoms with E-state index in [0.29, 0.717) is 19.7 Å². The SMILES string of the molecule is Cc1ccccc1CNC(=O)CN1CCC2(CC1)OC[C@@H](C)O2. The van der Waals surface area contributed by atoms with E-state index in [-0.39, 0.29) is 12.0 Å². The molecule has 1 N–H and O–H groups in total. The molecule has 126 valence electrons. The number of ether oxygens (including phenoxy) is 2. The molecule has 2 heterocycles. The molecule has 0 aromatic heterocycles. The summed E-state index contributed by atoms with van der Waals surface area (Å²) in [5, 5.41) is 3.01. The molecule has 23 heavy (non-hydrogen) atoms. The van der Waals surface area contributed by atoms with Crippen LogP contribution in [-0.2, 0) is 20.8 Å². The number of hydrogen-bond acceptors (Lipinski definition) is 4. The molecule has 1 spiro atoms. The Bertz CT molecular complexity index is 553. The van der Waals surface area contributed by atoms with Crippen LogP contribution in [0, 0.1) is 6.92 Å². The normalized spacial score (nSPS) is 24.0. The van der Waals surface area contributed by atoms with Crippen molar-refractivity contribution in [2.45, 2.75) is 45.1 Å². The average Bonchev–Trinajstić information content (AvgIpc) is 2.90. The molecule has 2 saturated heterocycles. The highest BCUT2D eigenvalue weighted by Gasteiger charge is 2.42. The van der Waals surface area contributed by atoms with Crippen LogP contribution in [0.1, 0.15) is 30.9 Å². The number of rotatable bonds is 4. The summed E-state index contributed by atoms with van der Waals surface area (Å²) in [5.74, 6) is -0.320. The summed E-state index contributed by atoms with van der Waals surface area (Å²) in [6.45, 7) is 7.49. The highest BCUT2D eigenvalue weighted by atomic mass is 16.7. The molecule has 0 radical (unpaired) electrons. The molecule has 1 amide bonds. The van der Waals surface area contributed by atoms with Gasteiger partial charge in [0, 0.05) is 32.5 Å². The molecule has 0 bridgehead atoms. The number of likely N-dealkylation sites (tertiary alicyclic amines) is 1. The third kappa shape index (κ3) is 4.10. The average molecular weight is 318 g/mol. The Hall–Kier alpha value is -1.43. The molecule has 2 aliphatic heterocycles. The number of benzene rings is 1. The van der Waals surface area contributed by atoms with Gasteiger partial charge in [-0.3, -0.25) is 9.69 Å². The van der Waals surface area contributed by atoms with E-state index >= 15 is 0 Å². The Labute approximate surface area is 137 Å². The van der Waals surface area contributed by atoms with Crippen LogP contribution in [-0.4, -0.2) is 48.9 Å². The van der Waals surface area contributed by atoms with Gasteiger partial charge in [0.1, 0.15) is 0 Å². The van der Waals surface area contributed by atoms with Crippen molar-refractivity contribution >= 4 is 5.91 Å². The second-order valence-corrected chi connectivity index (χ2v) is 6.63. The lowest BCUT2D eigenvalue weighted by Gasteiger charge is -2.37. The van der Waals surface area contributed by atoms with E-state index in [1.54, 1.807) is 0 Å². The van der Waals surface area contributed by atoms with Gasteiger partial charge in [-0.2, -0.15) is 0 Å². The molecular weight excluding hydrogens is 292 g/mol. The number of carbonyl (C=O) groups excluding carboxylic acids is 1. The molecular formula is C18H26N2O3. The molecule has 2 fully saturated rings. The second-order valence-electron chi connectivity index (χ2n) is 6.63. The van der Waals surface area contributed by atoms with Crippen molar-refractivity contribution < 1.29 is 14.3 Å². The van der Waals surface area contributed by atoms with E-state index in [1.807, 2.05) is 19.1 Å². The first-order valence-electron chi connectivity index (χ1n) is 8.42. The Morgan fingerprint density at radius 3 is 2.74 bits per heavy atom. The maximum Gasteiger partial charge on any atom is 0.234 e. The van der Waals surface area contributed by atoms with E-state index in [1.165, 1.54) is 11.1 Å². The van der Waals surface area contributed by atoms with Gasteiger partial charge in [-0.05, 0) is 25.0 Å². The first kappa shape index (κ1) is 16.4. The smallest absolute Gasteiger partial charge is 0.234 e. The van der Waals surface area contributed by atoms with Gasteiger partial charge in [-0.25, -0.2) is 0 Å². The molecule has 1 aromatic rings. The molecule has 0 saturated carbocycles. The molecule has 0 unspecified atom stereocenters. The second kappa shape index (κ2) is 6.99. The van der Waals surface area contributed by atoms with Crippen molar-refractivity contribution in [3.8, 4) is 0 Å². The highest BCUT2D eigenvalue weighted by Crippen LogP contribution is 2.33. The fourth-order valence-corrected chi connectivity index (χ4v) is 3.28. The topological polar surface area (TPSA) is 50.8 Å². The van der Waals surface area contributed by atoms with E-state index in [0.717, 1.165) is 25.9 Å². The van der Waals surface area contributed by atoms with Crippen molar-refractivity contribution in [3.63, 3.8) is 0 Å². The lowest BCUT2D eigenvalue weighted by atomic mass is 10.0. The minimum Gasteiger partial charge on any atom is -0.351 e. The van der Waals surface area contributed by atoms with Crippen LogP contribution in [0.5, 0.6) is 0 Å². The summed E-state index contributed by atoms with van der Waals surface area (Å²) in [6, 6.07) is 8.13. The Balaban J connectivity index is 1.42. The number of piperidine rings is 1. The summed E-state index contributed by atoms with van der Waals surface area (Å²) in [7, 11) is 0. The Kier molecular flexibility index (Phi) is 4.99. The lowest BCUT2D eigenvalue weighted by Crippen LogP contribution is -2.48. The summed E-state index contributed by atoms with van der Waals surface area (Å²) in [6.07, 6.45) is 1.85. The van der Waals surface area contributed by atoms with Gasteiger partial charge in [0.2, 0.25) is 5.91 Å². The minimum absolute atomic E-state index is 0.0748. The largest absolute Gasteiger partial charge is 0.351 e. The Morgan fingerprint density at radius 1 is 1.35 bits per heavy atom. The van der Waals surface area contributed by atoms with Crippen molar-refractivity contribution in [2.75, 3.05) is 26.2 Å². The molecule has 2 aliphatic rings. The third-order valence-corrected chi connectivity index (χ3v) is 4.72. The van der Waals surface area contributed by atoms with E-state index in [2.05, 4.69) is 29.3 Å². The summed E-state index contributed by atoms with van der Waals surface area (Å²) in [4.78, 5) is 14.3. The van der Waals surface area contributed by atoms with Gasteiger partial charge in [0.15, 0.2) is 5.79 Å². The molecule has 5 heteroatoms. The lowest BCUT2D eigenvalue weighted by molar-refractivity contribution is -0.193. The van der Waals surface area contributed by atoms with Crippen molar-refractivity contribution in [3.05, 3.63) is 35.4 Å². The van der Waals surface area contributed by atoms with Gasteiger partial charge in [-0.1, -0.05) is 24.3 Å². The number of carbonyl (C=O) groups is 1. The molecule has 5 nitrogen and oxygen atoms in total. The zero-order chi connectivity index (χ0) is 16.3. The first-order chi connectivity index (χ1) is 11.1. The van der Waals surface area contributed by atoms with Crippen molar-refractivity contribution in [2.24, 2.45) is 0 Å². The minimum atomic E-state index is -0.395. The van der Waals surface area contributed by atoms with Gasteiger partial charge >= 0.3 is 0 Å². The van der Waals surface area contributed by atoms with E-state index in [4.69, 9.17) is 9.47 Å². The maximum atomic E-state index is 12.1. The van der Waals surface area contributed by atoms with Crippen molar-refractivity contribution in [1.82, 2.24) is 10.2 Å². The van der Waals surface area contributed by atoms with E-state index in [9.17, 15) is 4.79 Å². The maximum absolute atomic E-state index is 12.1. The number of aryl methyl sites for hydroxylation is 1. The number of hydrogen-bond donors (Lipinski definition) is 1. The number of nitrogens with zero attached hydrogens (tertiary/aromatic N) is 1. The summed E-state index contributed by atoms with van der Waals surface area (Å²) >= 11 is 0. The van der Waals surface area contributed by atoms with Gasteiger partial charge in [0.25, 0.3) is 0 Å². The van der Waals surface area contributed by atoms with Gasteiger partial charge in [0.05, 0.1) is 19.3 Å². The van der Waals surface area contributed by atoms with E-state index < -0.39 is 5.79 Å². The monoisotopic (exact) mass is 318 g/mol. The van der Waals surface area contributed by atoms with Gasteiger partial charge in [-0.15, -0.1) is 0 Å². The zero-order valence-corrected chi connectivity index (χ0v) is 14.0. The van der Waals surface area contributed by atoms with Crippen LogP contribution in [0.15, 0.2) is 24.3 Å². The molecule has 3 rings (SSSR count). The molecule has 0 aliphatic carbocycles. The quantitative estimate of drug-likeness (QED) is 0.920. The predicted molar refractivity (Wildman–Crippen MR) is 87.9 cm³/mol. The van der Waals surface area contributed by atoms with Crippen LogP contribution in [0.2, 0.25) is 0 Å². The third-order valence-electron chi connectivity index (χ3n) is 4.72. The fourth-order valence-electron chi connectivity index (χ4n) is 3.28. The number of amides is 1. The van der Waals surface area contributed by atoms with Crippen molar-refractivity contribution in [1.29, 1.82) is 0 Å². The summed E-state index contributed by atoms with van der Waals surface area (Å²) in [5.41, 5.74) is 2.37. The van der Waals surface area contributed by atoms with Crippen LogP contribution < -0.4 is 5.32 Å². The Morgan fingerprint density at radius 2 is 2.09 bits per heavy atom. The zero-order valence-electron chi connectivity index (χ0n) is 14.0. The van der Waals surface area contributed by atoms with Crippen LogP contribution in [0.3, 0.4) is 0 Å². The summed E-state index contributed by atoms with van der Waals surface area (Å²) < 4.78 is 11.7. The molecule has 1 aromatic carbocycles. The predicted octanol–water partition coefficient (Wildman–Crippen LogP) is 1.84. The standard InChI is InChI=1S/C18H26N2O3/c1-14-5-3-4-6-16(14)11-19-17(21)12-20-9-7-18(8-10-20)22-13-15(2)23-18/h3-6,15H,7-13H2,1-2H3,(H,19,21)/t15-/m1/s1. The van der Waals surface area contributed by atoms with Crippen LogP contribution >= 0.6 is 0 Å². The van der Waals surface area contributed by atoms with Gasteiger partial charge < -0.3 is 14.8 Å². The number of nitrogens with one attached hydrogen (secondary N) is 1. The first-order valence-corrected chi connectivity index (χ1v) is 8.42. The van der Waals surface area contributed by atoms with Crippen LogP contribution in [0.4, 0.5) is 0 Å². The fraction of sp³-hybridized carbons (Fsp3) is 0.611. The molecule has 1 atom stereocenters. The van der Waals surface area contributed by atoms with Crippen LogP contribution in [0.25, 0.3) is 0 Å². The highest BCUT2D eigenvalue weighted by molar-refractivity contribution is 5.78.